The van der Waals surface area contributed by atoms with Crippen LogP contribution in [-0.4, -0.2) is 60.4 Å². The topological polar surface area (TPSA) is 78.7 Å². The van der Waals surface area contributed by atoms with Crippen LogP contribution in [0.5, 0.6) is 0 Å². The molecule has 2 amide bonds. The molecule has 2 heterocycles. The van der Waals surface area contributed by atoms with E-state index in [4.69, 9.17) is 5.73 Å². The fourth-order valence-electron chi connectivity index (χ4n) is 5.24. The molecule has 3 atom stereocenters. The van der Waals surface area contributed by atoms with E-state index in [1.165, 1.54) is 12.1 Å². The van der Waals surface area contributed by atoms with Crippen molar-refractivity contribution >= 4 is 17.5 Å². The van der Waals surface area contributed by atoms with Gasteiger partial charge >= 0.3 is 0 Å². The molecule has 2 fully saturated rings. The lowest BCUT2D eigenvalue weighted by Crippen LogP contribution is -2.49. The number of likely N-dealkylation sites (tertiary alicyclic amines) is 2. The zero-order valence-electron chi connectivity index (χ0n) is 19.1. The maximum absolute atomic E-state index is 13.1. The van der Waals surface area contributed by atoms with Crippen molar-refractivity contribution in [3.63, 3.8) is 0 Å². The van der Waals surface area contributed by atoms with Crippen LogP contribution in [0, 0.1) is 17.7 Å². The van der Waals surface area contributed by atoms with Gasteiger partial charge in [-0.05, 0) is 68.5 Å². The largest absolute Gasteiger partial charge is 0.341 e. The Morgan fingerprint density at radius 3 is 2.42 bits per heavy atom. The van der Waals surface area contributed by atoms with Crippen LogP contribution in [0.15, 0.2) is 54.6 Å². The van der Waals surface area contributed by atoms with E-state index in [-0.39, 0.29) is 23.5 Å². The van der Waals surface area contributed by atoms with E-state index < -0.39 is 6.04 Å². The fourth-order valence-corrected chi connectivity index (χ4v) is 5.24. The number of hydrogen-bond donors (Lipinski definition) is 2. The molecule has 176 valence electrons. The first-order valence-electron chi connectivity index (χ1n) is 11.8. The summed E-state index contributed by atoms with van der Waals surface area (Å²) in [5.74, 6) is 0.0422. The Balaban J connectivity index is 1.26. The van der Waals surface area contributed by atoms with Crippen molar-refractivity contribution in [3.8, 4) is 0 Å². The molecule has 6 nitrogen and oxygen atoms in total. The van der Waals surface area contributed by atoms with Crippen molar-refractivity contribution < 1.29 is 14.0 Å². The second-order valence-electron chi connectivity index (χ2n) is 9.39. The fraction of sp³-hybridized carbons (Fsp3) is 0.462. The normalized spacial score (nSPS) is 22.8. The second kappa shape index (κ2) is 10.4. The highest BCUT2D eigenvalue weighted by molar-refractivity contribution is 5.92. The molecule has 2 aliphatic heterocycles. The van der Waals surface area contributed by atoms with Gasteiger partial charge in [0.25, 0.3) is 0 Å². The van der Waals surface area contributed by atoms with Gasteiger partial charge in [0.1, 0.15) is 5.82 Å². The number of amides is 2. The second-order valence-corrected chi connectivity index (χ2v) is 9.39. The van der Waals surface area contributed by atoms with Crippen molar-refractivity contribution in [1.82, 2.24) is 9.80 Å². The summed E-state index contributed by atoms with van der Waals surface area (Å²) in [5.41, 5.74) is 7.91. The van der Waals surface area contributed by atoms with Gasteiger partial charge in [-0.2, -0.15) is 0 Å². The van der Waals surface area contributed by atoms with E-state index in [2.05, 4.69) is 17.3 Å². The maximum Gasteiger partial charge on any atom is 0.239 e. The number of carbonyl (C=O) groups is 2. The lowest BCUT2D eigenvalue weighted by Gasteiger charge is -2.38. The lowest BCUT2D eigenvalue weighted by molar-refractivity contribution is -0.134. The minimum Gasteiger partial charge on any atom is -0.341 e. The summed E-state index contributed by atoms with van der Waals surface area (Å²) in [5, 5.41) is 2.91. The Labute approximate surface area is 194 Å². The lowest BCUT2D eigenvalue weighted by atomic mass is 9.86. The van der Waals surface area contributed by atoms with Gasteiger partial charge in [0, 0.05) is 31.4 Å². The average molecular weight is 453 g/mol. The summed E-state index contributed by atoms with van der Waals surface area (Å²) in [6.45, 7) is 2.13. The van der Waals surface area contributed by atoms with Crippen molar-refractivity contribution in [2.24, 2.45) is 17.6 Å². The van der Waals surface area contributed by atoms with Crippen LogP contribution in [0.2, 0.25) is 0 Å². The molecule has 2 saturated heterocycles. The molecular weight excluding hydrogens is 419 g/mol. The van der Waals surface area contributed by atoms with Crippen LogP contribution < -0.4 is 11.1 Å². The van der Waals surface area contributed by atoms with Crippen LogP contribution in [0.25, 0.3) is 0 Å². The maximum atomic E-state index is 13.1. The minimum atomic E-state index is -0.516. The number of nitrogens with zero attached hydrogens (tertiary/aromatic N) is 2. The van der Waals surface area contributed by atoms with Gasteiger partial charge in [-0.3, -0.25) is 9.59 Å². The number of rotatable bonds is 6. The first kappa shape index (κ1) is 23.4. The van der Waals surface area contributed by atoms with Crippen molar-refractivity contribution in [3.05, 3.63) is 66.0 Å². The van der Waals surface area contributed by atoms with Crippen LogP contribution in [0.1, 0.15) is 24.8 Å². The first-order chi connectivity index (χ1) is 15.9. The first-order valence-corrected chi connectivity index (χ1v) is 11.8. The predicted molar refractivity (Wildman–Crippen MR) is 127 cm³/mol. The average Bonchev–Trinajstić information content (AvgIpc) is 3.22. The smallest absolute Gasteiger partial charge is 0.239 e. The molecule has 0 saturated carbocycles. The van der Waals surface area contributed by atoms with E-state index in [1.54, 1.807) is 12.1 Å². The molecule has 0 spiro atoms. The number of nitrogens with two attached hydrogens (primary N) is 1. The molecule has 2 aromatic rings. The van der Waals surface area contributed by atoms with Crippen molar-refractivity contribution in [2.75, 3.05) is 32.0 Å². The molecule has 33 heavy (non-hydrogen) atoms. The van der Waals surface area contributed by atoms with Gasteiger partial charge < -0.3 is 20.9 Å². The highest BCUT2D eigenvalue weighted by atomic mass is 19.1. The third kappa shape index (κ3) is 5.78. The Hall–Kier alpha value is -2.77. The van der Waals surface area contributed by atoms with Gasteiger partial charge in [-0.1, -0.05) is 30.3 Å². The third-order valence-electron chi connectivity index (χ3n) is 7.09. The SMILES string of the molecule is CN1C[C@H](C(=O)Nc2ccc(F)cc2)C[C@H]1C1CCN(C(=O)[C@@H](N)Cc2ccccc2)CC1. The number of hydrogen-bond acceptors (Lipinski definition) is 4. The van der Waals surface area contributed by atoms with Crippen LogP contribution in [-0.2, 0) is 16.0 Å². The summed E-state index contributed by atoms with van der Waals surface area (Å²) in [4.78, 5) is 29.8. The molecule has 0 unspecified atom stereocenters. The van der Waals surface area contributed by atoms with Crippen LogP contribution in [0.3, 0.4) is 0 Å². The Kier molecular flexibility index (Phi) is 7.40. The number of piperidine rings is 1. The number of carbonyl (C=O) groups excluding carboxylic acids is 2. The van der Waals surface area contributed by atoms with Gasteiger partial charge in [0.2, 0.25) is 11.8 Å². The van der Waals surface area contributed by atoms with Gasteiger partial charge in [0.05, 0.1) is 12.0 Å². The summed E-state index contributed by atoms with van der Waals surface area (Å²) < 4.78 is 13.1. The molecule has 7 heteroatoms. The summed E-state index contributed by atoms with van der Waals surface area (Å²) >= 11 is 0. The molecule has 0 aliphatic carbocycles. The van der Waals surface area contributed by atoms with Crippen molar-refractivity contribution in [2.45, 2.75) is 37.8 Å². The van der Waals surface area contributed by atoms with E-state index in [0.717, 1.165) is 24.8 Å². The van der Waals surface area contributed by atoms with E-state index in [0.29, 0.717) is 43.7 Å². The quantitative estimate of drug-likeness (QED) is 0.707. The zero-order valence-corrected chi connectivity index (χ0v) is 19.1. The Morgan fingerprint density at radius 2 is 1.76 bits per heavy atom. The number of anilines is 1. The van der Waals surface area contributed by atoms with E-state index >= 15 is 0 Å². The summed E-state index contributed by atoms with van der Waals surface area (Å²) in [6, 6.07) is 15.5. The van der Waals surface area contributed by atoms with Crippen LogP contribution in [0.4, 0.5) is 10.1 Å². The number of nitrogens with one attached hydrogen (secondary N) is 1. The monoisotopic (exact) mass is 452 g/mol. The van der Waals surface area contributed by atoms with Gasteiger partial charge in [-0.25, -0.2) is 4.39 Å². The zero-order chi connectivity index (χ0) is 23.4. The Morgan fingerprint density at radius 1 is 1.09 bits per heavy atom. The molecule has 4 rings (SSSR count). The standard InChI is InChI=1S/C26H33FN4O2/c1-30-17-20(25(32)29-22-9-7-21(27)8-10-22)16-24(30)19-11-13-31(14-12-19)26(33)23(28)15-18-5-3-2-4-6-18/h2-10,19-20,23-24H,11-17,28H2,1H3,(H,29,32)/t20-,23+,24+/m1/s1. The highest BCUT2D eigenvalue weighted by Crippen LogP contribution is 2.33. The number of halogens is 1. The minimum absolute atomic E-state index is 0.0181. The molecule has 0 bridgehead atoms. The van der Waals surface area contributed by atoms with Crippen molar-refractivity contribution in [1.29, 1.82) is 0 Å². The predicted octanol–water partition coefficient (Wildman–Crippen LogP) is 2.89. The summed E-state index contributed by atoms with van der Waals surface area (Å²) in [7, 11) is 2.07. The molecule has 0 radical (unpaired) electrons. The molecule has 2 aromatic carbocycles. The third-order valence-corrected chi connectivity index (χ3v) is 7.09. The van der Waals surface area contributed by atoms with Gasteiger partial charge in [0.15, 0.2) is 0 Å². The van der Waals surface area contributed by atoms with E-state index in [9.17, 15) is 14.0 Å². The van der Waals surface area contributed by atoms with Gasteiger partial charge in [-0.15, -0.1) is 0 Å². The molecule has 2 aliphatic rings. The van der Waals surface area contributed by atoms with Crippen LogP contribution >= 0.6 is 0 Å². The summed E-state index contributed by atoms with van der Waals surface area (Å²) in [6.07, 6.45) is 3.20. The Bertz CT molecular complexity index is 945. The number of benzene rings is 2. The molecule has 3 N–H and O–H groups in total. The highest BCUT2D eigenvalue weighted by Gasteiger charge is 2.40. The molecular formula is C26H33FN4O2. The molecule has 0 aromatic heterocycles. The van der Waals surface area contributed by atoms with E-state index in [1.807, 2.05) is 35.2 Å².